The van der Waals surface area contributed by atoms with Gasteiger partial charge in [-0.15, -0.1) is 0 Å². The van der Waals surface area contributed by atoms with Crippen molar-refractivity contribution in [3.63, 3.8) is 0 Å². The smallest absolute Gasteiger partial charge is 0.328 e. The molecule has 1 aromatic carbocycles. The van der Waals surface area contributed by atoms with Crippen molar-refractivity contribution in [2.45, 2.75) is 82.9 Å². The van der Waals surface area contributed by atoms with Gasteiger partial charge in [-0.1, -0.05) is 18.6 Å². The summed E-state index contributed by atoms with van der Waals surface area (Å²) < 4.78 is 8.38. The Morgan fingerprint density at radius 2 is 1.73 bits per heavy atom. The number of likely N-dealkylation sites (N-methyl/N-ethyl adjacent to an activating group) is 1. The van der Waals surface area contributed by atoms with E-state index in [1.54, 1.807) is 0 Å². The van der Waals surface area contributed by atoms with Gasteiger partial charge < -0.3 is 24.4 Å². The van der Waals surface area contributed by atoms with Gasteiger partial charge in [0.15, 0.2) is 0 Å². The number of carbonyl (C=O) groups is 3. The quantitative estimate of drug-likeness (QED) is 0.440. The monoisotopic (exact) mass is 510 g/mol. The molecule has 2 unspecified atom stereocenters. The third-order valence-electron chi connectivity index (χ3n) is 7.97. The molecule has 1 aliphatic heterocycles. The number of hydrogen-bond acceptors (Lipinski definition) is 5. The highest BCUT2D eigenvalue weighted by atomic mass is 16.5. The molecule has 5 rings (SSSR count). The van der Waals surface area contributed by atoms with Gasteiger partial charge in [0, 0.05) is 53.8 Å². The number of ether oxygens (including phenoxy) is 1. The Morgan fingerprint density at radius 3 is 2.35 bits per heavy atom. The lowest BCUT2D eigenvalue weighted by atomic mass is 9.72. The zero-order valence-corrected chi connectivity index (χ0v) is 21.9. The molecule has 0 bridgehead atoms. The van der Waals surface area contributed by atoms with Crippen LogP contribution in [0.1, 0.15) is 75.5 Å². The Labute approximate surface area is 217 Å². The molecule has 1 saturated heterocycles. The predicted octanol–water partition coefficient (Wildman–Crippen LogP) is 4.77. The average molecular weight is 511 g/mol. The summed E-state index contributed by atoms with van der Waals surface area (Å²) in [5, 5.41) is 17.1. The normalized spacial score (nSPS) is 23.9. The number of aliphatic carboxylic acids is 2. The number of hydrogen-bond donors (Lipinski definition) is 2. The fraction of sp³-hybridized carbons (Fsp3) is 0.552. The summed E-state index contributed by atoms with van der Waals surface area (Å²) in [4.78, 5) is 34.5. The van der Waals surface area contributed by atoms with Crippen LogP contribution < -0.4 is 0 Å². The van der Waals surface area contributed by atoms with Gasteiger partial charge in [-0.3, -0.25) is 4.79 Å². The Kier molecular flexibility index (Phi) is 8.37. The Morgan fingerprint density at radius 1 is 1.05 bits per heavy atom. The van der Waals surface area contributed by atoms with Gasteiger partial charge in [-0.2, -0.15) is 0 Å². The molecule has 2 N–H and O–H groups in total. The zero-order valence-electron chi connectivity index (χ0n) is 21.9. The molecule has 2 heterocycles. The fourth-order valence-electron chi connectivity index (χ4n) is 6.26. The summed E-state index contributed by atoms with van der Waals surface area (Å²) >= 11 is 0. The van der Waals surface area contributed by atoms with Crippen molar-refractivity contribution in [2.24, 2.45) is 5.92 Å². The minimum Gasteiger partial charge on any atom is -0.478 e. The minimum atomic E-state index is -1.26. The number of likely N-dealkylation sites (tertiary alicyclic amines) is 1. The molecule has 37 heavy (non-hydrogen) atoms. The molecule has 8 nitrogen and oxygen atoms in total. The van der Waals surface area contributed by atoms with Gasteiger partial charge in [-0.05, 0) is 76.6 Å². The van der Waals surface area contributed by atoms with E-state index in [4.69, 9.17) is 14.9 Å². The number of benzene rings is 1. The highest BCUT2D eigenvalue weighted by molar-refractivity contribution is 5.90. The van der Waals surface area contributed by atoms with E-state index in [9.17, 15) is 14.4 Å². The van der Waals surface area contributed by atoms with Crippen molar-refractivity contribution in [2.75, 3.05) is 13.6 Å². The number of esters is 1. The van der Waals surface area contributed by atoms with E-state index in [1.165, 1.54) is 41.3 Å². The van der Waals surface area contributed by atoms with Gasteiger partial charge in [0.05, 0.1) is 5.92 Å². The van der Waals surface area contributed by atoms with Crippen LogP contribution >= 0.6 is 0 Å². The lowest BCUT2D eigenvalue weighted by Crippen LogP contribution is -2.50. The fourth-order valence-corrected chi connectivity index (χ4v) is 6.26. The van der Waals surface area contributed by atoms with Crippen LogP contribution in [0.5, 0.6) is 0 Å². The summed E-state index contributed by atoms with van der Waals surface area (Å²) in [5.74, 6) is -2.07. The highest BCUT2D eigenvalue weighted by Gasteiger charge is 2.42. The first-order valence-electron chi connectivity index (χ1n) is 13.3. The molecule has 0 radical (unpaired) electrons. The van der Waals surface area contributed by atoms with E-state index < -0.39 is 11.9 Å². The lowest BCUT2D eigenvalue weighted by Gasteiger charge is -2.45. The molecular formula is C29H38N2O6. The molecule has 1 aromatic heterocycles. The van der Waals surface area contributed by atoms with E-state index in [0.717, 1.165) is 32.2 Å². The van der Waals surface area contributed by atoms with Crippen molar-refractivity contribution in [1.82, 2.24) is 9.47 Å². The molecule has 0 spiro atoms. The Hall–Kier alpha value is -3.13. The summed E-state index contributed by atoms with van der Waals surface area (Å²) in [5.41, 5.74) is 4.26. The van der Waals surface area contributed by atoms with Gasteiger partial charge >= 0.3 is 17.9 Å². The van der Waals surface area contributed by atoms with E-state index in [0.29, 0.717) is 30.2 Å². The molecule has 0 amide bonds. The van der Waals surface area contributed by atoms with Gasteiger partial charge in [-0.25, -0.2) is 9.59 Å². The van der Waals surface area contributed by atoms with Crippen molar-refractivity contribution in [1.29, 1.82) is 0 Å². The first-order chi connectivity index (χ1) is 17.7. The number of carboxylic acid groups (broad SMARTS) is 2. The van der Waals surface area contributed by atoms with E-state index in [2.05, 4.69) is 54.8 Å². The predicted molar refractivity (Wildman–Crippen MR) is 141 cm³/mol. The third kappa shape index (κ3) is 6.06. The largest absolute Gasteiger partial charge is 0.478 e. The first-order valence-corrected chi connectivity index (χ1v) is 13.3. The molecule has 2 aromatic rings. The van der Waals surface area contributed by atoms with Crippen molar-refractivity contribution in [3.05, 3.63) is 47.7 Å². The molecular weight excluding hydrogens is 472 g/mol. The van der Waals surface area contributed by atoms with Crippen LogP contribution in [0.3, 0.4) is 0 Å². The summed E-state index contributed by atoms with van der Waals surface area (Å²) in [6, 6.07) is 7.69. The Bertz CT molecular complexity index is 1160. The van der Waals surface area contributed by atoms with Crippen LogP contribution in [-0.4, -0.2) is 63.3 Å². The number of fused-ring (bicyclic) bond motifs is 2. The zero-order chi connectivity index (χ0) is 26.7. The standard InChI is InChI=1S/C25H34N2O2.C4H4O4/c1-16(2)27-15-17-13-23-21(20-10-7-11-22(27)24(17)20)12-18(14-26(23)3)25(28)29-19-8-5-4-6-9-19;5-3(6)1-2-4(7)8/h7,10-11,15-16,18-19,21,23H,4-6,8-9,12-14H2,1-3H3;1-2H,(H,5,6)(H,7,8)/b;2-1-/t18-,21?,23?;/m1./s1. The maximum Gasteiger partial charge on any atom is 0.328 e. The molecule has 8 heteroatoms. The lowest BCUT2D eigenvalue weighted by molar-refractivity contribution is -0.158. The van der Waals surface area contributed by atoms with Crippen molar-refractivity contribution < 1.29 is 29.3 Å². The maximum absolute atomic E-state index is 13.0. The SMILES string of the molecule is CC(C)n1cc2c3c(cccc31)C1C[C@@H](C(=O)OC3CCCCC3)CN(C)C1C2.O=C(O)/C=C\C(=O)O. The molecule has 2 fully saturated rings. The van der Waals surface area contributed by atoms with Crippen LogP contribution in [0, 0.1) is 5.92 Å². The van der Waals surface area contributed by atoms with E-state index >= 15 is 0 Å². The van der Waals surface area contributed by atoms with Gasteiger partial charge in [0.1, 0.15) is 6.10 Å². The summed E-state index contributed by atoms with van der Waals surface area (Å²) in [6.45, 7) is 5.33. The molecule has 3 atom stereocenters. The maximum atomic E-state index is 13.0. The highest BCUT2D eigenvalue weighted by Crippen LogP contribution is 2.45. The summed E-state index contributed by atoms with van der Waals surface area (Å²) in [7, 11) is 2.20. The second-order valence-corrected chi connectivity index (χ2v) is 10.9. The summed E-state index contributed by atoms with van der Waals surface area (Å²) in [6.07, 6.45) is 11.4. The molecule has 3 aliphatic rings. The molecule has 2 aliphatic carbocycles. The van der Waals surface area contributed by atoms with Crippen LogP contribution in [-0.2, 0) is 25.5 Å². The number of aromatic nitrogens is 1. The van der Waals surface area contributed by atoms with E-state index in [1.807, 2.05) is 0 Å². The topological polar surface area (TPSA) is 109 Å². The van der Waals surface area contributed by atoms with Crippen LogP contribution in [0.25, 0.3) is 10.9 Å². The van der Waals surface area contributed by atoms with Crippen molar-refractivity contribution in [3.8, 4) is 0 Å². The minimum absolute atomic E-state index is 0.00725. The molecule has 200 valence electrons. The molecule has 1 saturated carbocycles. The first kappa shape index (κ1) is 26.9. The number of carboxylic acids is 2. The average Bonchev–Trinajstić information content (AvgIpc) is 3.24. The number of nitrogens with zero attached hydrogens (tertiary/aromatic N) is 2. The number of piperidine rings is 1. The van der Waals surface area contributed by atoms with Crippen LogP contribution in [0.2, 0.25) is 0 Å². The number of rotatable bonds is 5. The number of carbonyl (C=O) groups excluding carboxylic acids is 1. The second kappa shape index (κ2) is 11.5. The van der Waals surface area contributed by atoms with E-state index in [-0.39, 0.29) is 18.0 Å². The Balaban J connectivity index is 0.000000349. The van der Waals surface area contributed by atoms with Crippen molar-refractivity contribution >= 4 is 28.8 Å². The van der Waals surface area contributed by atoms with Gasteiger partial charge in [0.25, 0.3) is 0 Å². The third-order valence-corrected chi connectivity index (χ3v) is 7.97. The van der Waals surface area contributed by atoms with Crippen LogP contribution in [0.15, 0.2) is 36.5 Å². The second-order valence-electron chi connectivity index (χ2n) is 10.9. The van der Waals surface area contributed by atoms with Gasteiger partial charge in [0.2, 0.25) is 0 Å². The van der Waals surface area contributed by atoms with Crippen LogP contribution in [0.4, 0.5) is 0 Å².